The fourth-order valence-electron chi connectivity index (χ4n) is 2.64. The monoisotopic (exact) mass is 316 g/mol. The molecule has 1 aromatic rings. The average molecular weight is 316 g/mol. The van der Waals surface area contributed by atoms with E-state index in [0.29, 0.717) is 31.4 Å². The van der Waals surface area contributed by atoms with Crippen molar-refractivity contribution in [1.29, 1.82) is 0 Å². The molecule has 1 saturated heterocycles. The maximum atomic E-state index is 12.1. The second-order valence-corrected chi connectivity index (χ2v) is 8.08. The average Bonchev–Trinajstić information content (AvgIpc) is 2.66. The van der Waals surface area contributed by atoms with Crippen molar-refractivity contribution in [3.05, 3.63) is 0 Å². The largest absolute Gasteiger partial charge is 0.391 e. The van der Waals surface area contributed by atoms with Crippen molar-refractivity contribution < 1.29 is 13.5 Å². The summed E-state index contributed by atoms with van der Waals surface area (Å²) < 4.78 is 25.7. The van der Waals surface area contributed by atoms with Gasteiger partial charge in [-0.3, -0.25) is 0 Å². The summed E-state index contributed by atoms with van der Waals surface area (Å²) in [5.41, 5.74) is 6.01. The lowest BCUT2D eigenvalue weighted by Crippen LogP contribution is -2.39. The Kier molecular flexibility index (Phi) is 4.48. The maximum absolute atomic E-state index is 12.1. The minimum atomic E-state index is -3.48. The van der Waals surface area contributed by atoms with E-state index in [2.05, 4.69) is 5.10 Å². The van der Waals surface area contributed by atoms with Crippen LogP contribution in [0.5, 0.6) is 0 Å². The van der Waals surface area contributed by atoms with E-state index in [-0.39, 0.29) is 10.7 Å². The third-order valence-corrected chi connectivity index (χ3v) is 4.67. The molecular formula is C13H24N4O3S. The number of nitrogens with zero attached hydrogens (tertiary/aromatic N) is 3. The second-order valence-electron chi connectivity index (χ2n) is 6.13. The Morgan fingerprint density at radius 2 is 2.14 bits per heavy atom. The number of sulfone groups is 1. The van der Waals surface area contributed by atoms with Crippen molar-refractivity contribution in [2.45, 2.75) is 44.2 Å². The number of hydrogen-bond acceptors (Lipinski definition) is 6. The van der Waals surface area contributed by atoms with Gasteiger partial charge in [-0.05, 0) is 18.8 Å². The number of aliphatic hydroxyl groups is 1. The molecule has 1 fully saturated rings. The molecule has 1 aliphatic heterocycles. The van der Waals surface area contributed by atoms with Gasteiger partial charge in [0, 0.05) is 25.9 Å². The van der Waals surface area contributed by atoms with Gasteiger partial charge in [0.25, 0.3) is 0 Å². The molecule has 0 bridgehead atoms. The number of β-amino-alcohol motifs (C(OH)–C–C–N with tert-alkyl or cyclic N) is 1. The summed E-state index contributed by atoms with van der Waals surface area (Å²) in [4.78, 5) is 1.90. The maximum Gasteiger partial charge on any atom is 0.182 e. The van der Waals surface area contributed by atoms with E-state index in [0.717, 1.165) is 19.1 Å². The smallest absolute Gasteiger partial charge is 0.182 e. The Labute approximate surface area is 125 Å². The zero-order valence-electron chi connectivity index (χ0n) is 12.8. The van der Waals surface area contributed by atoms with Crippen molar-refractivity contribution in [1.82, 2.24) is 9.78 Å². The Morgan fingerprint density at radius 1 is 1.48 bits per heavy atom. The molecule has 0 aromatic carbocycles. The van der Waals surface area contributed by atoms with Crippen LogP contribution in [0.4, 0.5) is 11.6 Å². The van der Waals surface area contributed by atoms with E-state index in [1.807, 2.05) is 18.7 Å². The fraction of sp³-hybridized carbons (Fsp3) is 0.769. The predicted octanol–water partition coefficient (Wildman–Crippen LogP) is 0.486. The highest BCUT2D eigenvalue weighted by Crippen LogP contribution is 2.32. The van der Waals surface area contributed by atoms with E-state index >= 15 is 0 Å². The summed E-state index contributed by atoms with van der Waals surface area (Å²) in [7, 11) is -3.48. The molecule has 2 rings (SSSR count). The number of aliphatic hydroxyl groups excluding tert-OH is 1. The number of nitrogen functional groups attached to an aromatic ring is 1. The van der Waals surface area contributed by atoms with Crippen molar-refractivity contribution in [2.75, 3.05) is 30.0 Å². The highest BCUT2D eigenvalue weighted by molar-refractivity contribution is 7.91. The first-order chi connectivity index (χ1) is 9.70. The molecule has 1 aromatic heterocycles. The van der Waals surface area contributed by atoms with Crippen LogP contribution < -0.4 is 10.6 Å². The number of aromatic nitrogens is 2. The molecule has 1 unspecified atom stereocenters. The van der Waals surface area contributed by atoms with Gasteiger partial charge in [-0.15, -0.1) is 0 Å². The van der Waals surface area contributed by atoms with E-state index in [1.165, 1.54) is 0 Å². The van der Waals surface area contributed by atoms with Crippen LogP contribution in [0.25, 0.3) is 0 Å². The van der Waals surface area contributed by atoms with Crippen molar-refractivity contribution in [3.63, 3.8) is 0 Å². The van der Waals surface area contributed by atoms with Crippen LogP contribution >= 0.6 is 0 Å². The zero-order chi connectivity index (χ0) is 15.8. The predicted molar refractivity (Wildman–Crippen MR) is 82.0 cm³/mol. The van der Waals surface area contributed by atoms with Crippen molar-refractivity contribution >= 4 is 21.5 Å². The van der Waals surface area contributed by atoms with E-state index in [9.17, 15) is 13.5 Å². The summed E-state index contributed by atoms with van der Waals surface area (Å²) in [6.07, 6.45) is 2.22. The molecular weight excluding hydrogens is 292 g/mol. The normalized spacial score (nSPS) is 20.2. The van der Waals surface area contributed by atoms with Crippen LogP contribution in [-0.4, -0.2) is 48.8 Å². The molecule has 8 heteroatoms. The van der Waals surface area contributed by atoms with Crippen molar-refractivity contribution in [2.24, 2.45) is 5.92 Å². The van der Waals surface area contributed by atoms with Gasteiger partial charge in [-0.2, -0.15) is 5.10 Å². The van der Waals surface area contributed by atoms with E-state index in [1.54, 1.807) is 4.68 Å². The highest BCUT2D eigenvalue weighted by Gasteiger charge is 2.30. The Balaban J connectivity index is 2.48. The molecule has 7 nitrogen and oxygen atoms in total. The van der Waals surface area contributed by atoms with Gasteiger partial charge in [0.2, 0.25) is 0 Å². The lowest BCUT2D eigenvalue weighted by molar-refractivity contribution is 0.153. The number of rotatable bonds is 4. The SMILES string of the molecule is CC(C)Cn1nc(N2CCCC(O)C2)c(S(C)(=O)=O)c1N. The van der Waals surface area contributed by atoms with Gasteiger partial charge in [0.15, 0.2) is 20.6 Å². The molecule has 0 saturated carbocycles. The quantitative estimate of drug-likeness (QED) is 0.838. The molecule has 1 atom stereocenters. The number of anilines is 2. The number of hydrogen-bond donors (Lipinski definition) is 2. The standard InChI is InChI=1S/C13H24N4O3S/c1-9(2)7-17-12(14)11(21(3,19)20)13(15-17)16-6-4-5-10(18)8-16/h9-10,18H,4-8,14H2,1-3H3. The van der Waals surface area contributed by atoms with Crippen molar-refractivity contribution in [3.8, 4) is 0 Å². The summed E-state index contributed by atoms with van der Waals surface area (Å²) in [6, 6.07) is 0. The lowest BCUT2D eigenvalue weighted by Gasteiger charge is -2.30. The van der Waals surface area contributed by atoms with E-state index in [4.69, 9.17) is 5.73 Å². The van der Waals surface area contributed by atoms with Gasteiger partial charge >= 0.3 is 0 Å². The van der Waals surface area contributed by atoms with Crippen LogP contribution in [-0.2, 0) is 16.4 Å². The van der Waals surface area contributed by atoms with Gasteiger partial charge in [0.1, 0.15) is 5.82 Å². The summed E-state index contributed by atoms with van der Waals surface area (Å²) >= 11 is 0. The Hall–Kier alpha value is -1.28. The molecule has 21 heavy (non-hydrogen) atoms. The Bertz CT molecular complexity index is 609. The molecule has 120 valence electrons. The van der Waals surface area contributed by atoms with Gasteiger partial charge < -0.3 is 15.7 Å². The number of nitrogens with two attached hydrogens (primary N) is 1. The first kappa shape index (κ1) is 16.1. The van der Waals surface area contributed by atoms with Crippen LogP contribution in [0, 0.1) is 5.92 Å². The van der Waals surface area contributed by atoms with Crippen LogP contribution in [0.3, 0.4) is 0 Å². The third-order valence-electron chi connectivity index (χ3n) is 3.53. The molecule has 0 radical (unpaired) electrons. The molecule has 1 aliphatic rings. The minimum Gasteiger partial charge on any atom is -0.391 e. The fourth-order valence-corrected chi connectivity index (χ4v) is 3.63. The Morgan fingerprint density at radius 3 is 2.67 bits per heavy atom. The zero-order valence-corrected chi connectivity index (χ0v) is 13.6. The lowest BCUT2D eigenvalue weighted by atomic mass is 10.1. The summed E-state index contributed by atoms with van der Waals surface area (Å²) in [6.45, 7) is 5.67. The highest BCUT2D eigenvalue weighted by atomic mass is 32.2. The third kappa shape index (κ3) is 3.49. The molecule has 0 spiro atoms. The van der Waals surface area contributed by atoms with E-state index < -0.39 is 15.9 Å². The minimum absolute atomic E-state index is 0.0808. The van der Waals surface area contributed by atoms with Gasteiger partial charge in [-0.1, -0.05) is 13.8 Å². The molecule has 0 amide bonds. The van der Waals surface area contributed by atoms with Crippen LogP contribution in [0.2, 0.25) is 0 Å². The molecule has 2 heterocycles. The summed E-state index contributed by atoms with van der Waals surface area (Å²) in [5, 5.41) is 14.2. The first-order valence-corrected chi connectivity index (χ1v) is 9.08. The number of piperidine rings is 1. The van der Waals surface area contributed by atoms with Gasteiger partial charge in [-0.25, -0.2) is 13.1 Å². The first-order valence-electron chi connectivity index (χ1n) is 7.19. The molecule has 3 N–H and O–H groups in total. The molecule has 0 aliphatic carbocycles. The second kappa shape index (κ2) is 5.84. The van der Waals surface area contributed by atoms with Crippen LogP contribution in [0.1, 0.15) is 26.7 Å². The summed E-state index contributed by atoms with van der Waals surface area (Å²) in [5.74, 6) is 0.857. The topological polar surface area (TPSA) is 101 Å². The van der Waals surface area contributed by atoms with Gasteiger partial charge in [0.05, 0.1) is 6.10 Å². The van der Waals surface area contributed by atoms with Crippen LogP contribution in [0.15, 0.2) is 4.90 Å².